The Labute approximate surface area is 193 Å². The van der Waals surface area contributed by atoms with E-state index in [0.717, 1.165) is 35.3 Å². The van der Waals surface area contributed by atoms with Crippen molar-refractivity contribution in [3.8, 4) is 0 Å². The highest BCUT2D eigenvalue weighted by atomic mass is 16.2. The number of benzene rings is 2. The minimum atomic E-state index is -0.153. The van der Waals surface area contributed by atoms with Crippen molar-refractivity contribution >= 4 is 23.2 Å². The van der Waals surface area contributed by atoms with Crippen molar-refractivity contribution in [3.05, 3.63) is 59.7 Å². The minimum Gasteiger partial charge on any atom is -0.377 e. The van der Waals surface area contributed by atoms with E-state index in [4.69, 9.17) is 0 Å². The van der Waals surface area contributed by atoms with Gasteiger partial charge in [-0.05, 0) is 48.1 Å². The van der Waals surface area contributed by atoms with Crippen LogP contribution in [0.2, 0.25) is 0 Å². The first kappa shape index (κ1) is 25.4. The zero-order valence-electron chi connectivity index (χ0n) is 20.5. The molecule has 1 N–H and O–H groups in total. The van der Waals surface area contributed by atoms with Crippen molar-refractivity contribution in [2.24, 2.45) is 5.92 Å². The first-order valence-corrected chi connectivity index (χ1v) is 11.7. The van der Waals surface area contributed by atoms with E-state index in [0.29, 0.717) is 25.4 Å². The molecule has 0 heterocycles. The van der Waals surface area contributed by atoms with E-state index in [1.807, 2.05) is 81.4 Å². The van der Waals surface area contributed by atoms with Crippen molar-refractivity contribution in [1.29, 1.82) is 0 Å². The molecular weight excluding hydrogens is 398 g/mol. The van der Waals surface area contributed by atoms with Gasteiger partial charge >= 0.3 is 0 Å². The fourth-order valence-corrected chi connectivity index (χ4v) is 4.01. The first-order chi connectivity index (χ1) is 15.3. The molecule has 5 nitrogen and oxygen atoms in total. The Morgan fingerprint density at radius 3 is 2.25 bits per heavy atom. The lowest BCUT2D eigenvalue weighted by Gasteiger charge is -2.29. The largest absolute Gasteiger partial charge is 0.377 e. The average molecular weight is 438 g/mol. The summed E-state index contributed by atoms with van der Waals surface area (Å²) in [5.74, 6) is 0.316. The molecular formula is C27H39N3O2. The zero-order valence-corrected chi connectivity index (χ0v) is 20.5. The monoisotopic (exact) mass is 437 g/mol. The number of carbonyl (C=O) groups is 2. The standard InChI is InChI=1S/C27H39N3O2/c1-7-16-30(27(32)24(8-2)21-12-10-9-11-13-21)19-22-18-23(14-15-25(22)29(5)6)28-26(31)17-20(3)4/h9-15,18,20,24H,7-8,16-17,19H2,1-6H3,(H,28,31)/t24-/m0/s1. The SMILES string of the molecule is CCCN(Cc1cc(NC(=O)CC(C)C)ccc1N(C)C)C(=O)[C@@H](CC)c1ccccc1. The molecule has 1 atom stereocenters. The molecule has 0 fully saturated rings. The molecule has 0 aromatic heterocycles. The predicted molar refractivity (Wildman–Crippen MR) is 134 cm³/mol. The van der Waals surface area contributed by atoms with Crippen molar-refractivity contribution in [2.45, 2.75) is 59.4 Å². The van der Waals surface area contributed by atoms with E-state index in [1.54, 1.807) is 0 Å². The molecule has 5 heteroatoms. The van der Waals surface area contributed by atoms with Crippen molar-refractivity contribution in [3.63, 3.8) is 0 Å². The summed E-state index contributed by atoms with van der Waals surface area (Å²) < 4.78 is 0. The van der Waals surface area contributed by atoms with Gasteiger partial charge in [-0.3, -0.25) is 9.59 Å². The van der Waals surface area contributed by atoms with Gasteiger partial charge < -0.3 is 15.1 Å². The highest BCUT2D eigenvalue weighted by Crippen LogP contribution is 2.28. The van der Waals surface area contributed by atoms with Gasteiger partial charge in [0.2, 0.25) is 11.8 Å². The van der Waals surface area contributed by atoms with Gasteiger partial charge in [-0.25, -0.2) is 0 Å². The lowest BCUT2D eigenvalue weighted by Crippen LogP contribution is -2.35. The third-order valence-corrected chi connectivity index (χ3v) is 5.51. The Bertz CT molecular complexity index is 878. The van der Waals surface area contributed by atoms with Gasteiger partial charge in [0.05, 0.1) is 5.92 Å². The highest BCUT2D eigenvalue weighted by molar-refractivity contribution is 5.91. The van der Waals surface area contributed by atoms with Gasteiger partial charge in [-0.1, -0.05) is 58.0 Å². The minimum absolute atomic E-state index is 0.0140. The van der Waals surface area contributed by atoms with Gasteiger partial charge in [-0.15, -0.1) is 0 Å². The molecule has 0 aliphatic carbocycles. The van der Waals surface area contributed by atoms with Crippen LogP contribution in [0, 0.1) is 5.92 Å². The van der Waals surface area contributed by atoms with E-state index in [9.17, 15) is 9.59 Å². The smallest absolute Gasteiger partial charge is 0.230 e. The summed E-state index contributed by atoms with van der Waals surface area (Å²) in [6, 6.07) is 16.0. The quantitative estimate of drug-likeness (QED) is 0.493. The normalized spacial score (nSPS) is 11.8. The molecule has 0 saturated carbocycles. The molecule has 2 aromatic carbocycles. The number of nitrogens with zero attached hydrogens (tertiary/aromatic N) is 2. The fraction of sp³-hybridized carbons (Fsp3) is 0.481. The number of hydrogen-bond acceptors (Lipinski definition) is 3. The highest BCUT2D eigenvalue weighted by Gasteiger charge is 2.25. The molecule has 2 aromatic rings. The Kier molecular flexibility index (Phi) is 9.76. The van der Waals surface area contributed by atoms with Gasteiger partial charge in [0.25, 0.3) is 0 Å². The third kappa shape index (κ3) is 7.11. The molecule has 0 saturated heterocycles. The molecule has 0 bridgehead atoms. The Morgan fingerprint density at radius 2 is 1.69 bits per heavy atom. The number of amides is 2. The summed E-state index contributed by atoms with van der Waals surface area (Å²) in [6.07, 6.45) is 2.13. The van der Waals surface area contributed by atoms with Gasteiger partial charge in [0.15, 0.2) is 0 Å². The maximum absolute atomic E-state index is 13.6. The number of rotatable bonds is 11. The van der Waals surface area contributed by atoms with E-state index < -0.39 is 0 Å². The second-order valence-corrected chi connectivity index (χ2v) is 9.02. The molecule has 0 aliphatic heterocycles. The van der Waals surface area contributed by atoms with Crippen molar-refractivity contribution in [1.82, 2.24) is 4.90 Å². The van der Waals surface area contributed by atoms with Crippen LogP contribution in [-0.4, -0.2) is 37.4 Å². The summed E-state index contributed by atoms with van der Waals surface area (Å²) in [7, 11) is 4.00. The van der Waals surface area contributed by atoms with E-state index >= 15 is 0 Å². The molecule has 0 radical (unpaired) electrons. The lowest BCUT2D eigenvalue weighted by molar-refractivity contribution is -0.133. The average Bonchev–Trinajstić information content (AvgIpc) is 2.74. The van der Waals surface area contributed by atoms with E-state index in [2.05, 4.69) is 24.1 Å². The molecule has 0 aliphatic rings. The molecule has 2 amide bonds. The first-order valence-electron chi connectivity index (χ1n) is 11.7. The topological polar surface area (TPSA) is 52.7 Å². The van der Waals surface area contributed by atoms with Crippen LogP contribution in [-0.2, 0) is 16.1 Å². The number of nitrogens with one attached hydrogen (secondary N) is 1. The zero-order chi connectivity index (χ0) is 23.7. The molecule has 0 spiro atoms. The van der Waals surface area contributed by atoms with Gasteiger partial charge in [-0.2, -0.15) is 0 Å². The van der Waals surface area contributed by atoms with Crippen LogP contribution in [0.5, 0.6) is 0 Å². The van der Waals surface area contributed by atoms with E-state index in [1.165, 1.54) is 0 Å². The van der Waals surface area contributed by atoms with E-state index in [-0.39, 0.29) is 17.7 Å². The molecule has 32 heavy (non-hydrogen) atoms. The van der Waals surface area contributed by atoms with Crippen molar-refractivity contribution in [2.75, 3.05) is 30.9 Å². The number of hydrogen-bond donors (Lipinski definition) is 1. The van der Waals surface area contributed by atoms with Crippen LogP contribution in [0.15, 0.2) is 48.5 Å². The summed E-state index contributed by atoms with van der Waals surface area (Å²) in [6.45, 7) is 9.43. The van der Waals surface area contributed by atoms with Crippen molar-refractivity contribution < 1.29 is 9.59 Å². The number of carbonyl (C=O) groups excluding carboxylic acids is 2. The van der Waals surface area contributed by atoms with Crippen LogP contribution in [0.3, 0.4) is 0 Å². The Morgan fingerprint density at radius 1 is 1.00 bits per heavy atom. The maximum atomic E-state index is 13.6. The summed E-state index contributed by atoms with van der Waals surface area (Å²) >= 11 is 0. The Hall–Kier alpha value is -2.82. The predicted octanol–water partition coefficient (Wildman–Crippen LogP) is 5.67. The summed E-state index contributed by atoms with van der Waals surface area (Å²) in [5, 5.41) is 3.01. The van der Waals surface area contributed by atoms with Crippen LogP contribution in [0.25, 0.3) is 0 Å². The maximum Gasteiger partial charge on any atom is 0.230 e. The van der Waals surface area contributed by atoms with Gasteiger partial charge in [0.1, 0.15) is 0 Å². The Balaban J connectivity index is 2.32. The second-order valence-electron chi connectivity index (χ2n) is 9.02. The van der Waals surface area contributed by atoms with Crippen LogP contribution >= 0.6 is 0 Å². The number of anilines is 2. The van der Waals surface area contributed by atoms with Crippen LogP contribution < -0.4 is 10.2 Å². The third-order valence-electron chi connectivity index (χ3n) is 5.51. The molecule has 2 rings (SSSR count). The van der Waals surface area contributed by atoms with Crippen LogP contribution in [0.4, 0.5) is 11.4 Å². The summed E-state index contributed by atoms with van der Waals surface area (Å²) in [5.41, 5.74) is 3.91. The summed E-state index contributed by atoms with van der Waals surface area (Å²) in [4.78, 5) is 29.9. The molecule has 0 unspecified atom stereocenters. The fourth-order valence-electron chi connectivity index (χ4n) is 4.01. The van der Waals surface area contributed by atoms with Crippen LogP contribution in [0.1, 0.15) is 64.0 Å². The second kappa shape index (κ2) is 12.3. The lowest BCUT2D eigenvalue weighted by atomic mass is 9.94. The molecule has 174 valence electrons. The van der Waals surface area contributed by atoms with Gasteiger partial charge in [0, 0.05) is 45.0 Å².